The van der Waals surface area contributed by atoms with E-state index in [1.807, 2.05) is 0 Å². The fourth-order valence-corrected chi connectivity index (χ4v) is 1.99. The summed E-state index contributed by atoms with van der Waals surface area (Å²) in [6.07, 6.45) is 10.9. The van der Waals surface area contributed by atoms with Gasteiger partial charge in [-0.05, 0) is 12.8 Å². The lowest BCUT2D eigenvalue weighted by Crippen LogP contribution is -2.33. The molecule has 0 bridgehead atoms. The van der Waals surface area contributed by atoms with Crippen molar-refractivity contribution < 1.29 is 9.47 Å². The zero-order valence-corrected chi connectivity index (χ0v) is 7.21. The molecule has 1 aliphatic carbocycles. The average Bonchev–Trinajstić information content (AvgIpc) is 2.50. The molecule has 1 saturated carbocycles. The zero-order valence-electron chi connectivity index (χ0n) is 7.21. The molecule has 2 rings (SSSR count). The first-order valence-corrected chi connectivity index (χ1v) is 4.63. The second-order valence-electron chi connectivity index (χ2n) is 3.56. The van der Waals surface area contributed by atoms with Crippen LogP contribution >= 0.6 is 0 Å². The van der Waals surface area contributed by atoms with Crippen molar-refractivity contribution in [2.75, 3.05) is 6.61 Å². The molecule has 2 nitrogen and oxygen atoms in total. The van der Waals surface area contributed by atoms with Crippen molar-refractivity contribution in [1.29, 1.82) is 0 Å². The van der Waals surface area contributed by atoms with Crippen molar-refractivity contribution in [2.45, 2.75) is 44.0 Å². The van der Waals surface area contributed by atoms with E-state index in [2.05, 4.69) is 5.92 Å². The lowest BCUT2D eigenvalue weighted by atomic mass is 9.94. The van der Waals surface area contributed by atoms with Crippen LogP contribution in [0.5, 0.6) is 0 Å². The monoisotopic (exact) mass is 166 g/mol. The van der Waals surface area contributed by atoms with Gasteiger partial charge in [-0.3, -0.25) is 0 Å². The van der Waals surface area contributed by atoms with E-state index in [4.69, 9.17) is 15.9 Å². The third-order valence-corrected chi connectivity index (χ3v) is 2.66. The average molecular weight is 166 g/mol. The summed E-state index contributed by atoms with van der Waals surface area (Å²) in [6, 6.07) is 0. The number of rotatable bonds is 0. The molecule has 2 aliphatic rings. The quantitative estimate of drug-likeness (QED) is 0.510. The zero-order chi connectivity index (χ0) is 8.44. The number of ether oxygens (including phenoxy) is 2. The summed E-state index contributed by atoms with van der Waals surface area (Å²) >= 11 is 0. The van der Waals surface area contributed by atoms with E-state index in [-0.39, 0.29) is 11.9 Å². The molecular weight excluding hydrogens is 152 g/mol. The fourth-order valence-electron chi connectivity index (χ4n) is 1.99. The number of hydrogen-bond acceptors (Lipinski definition) is 2. The Bertz CT molecular complexity index is 198. The topological polar surface area (TPSA) is 18.5 Å². The Morgan fingerprint density at radius 3 is 2.58 bits per heavy atom. The van der Waals surface area contributed by atoms with Crippen LogP contribution in [0.4, 0.5) is 0 Å². The molecule has 1 atom stereocenters. The van der Waals surface area contributed by atoms with Crippen molar-refractivity contribution in [2.24, 2.45) is 0 Å². The molecule has 2 heteroatoms. The first kappa shape index (κ1) is 8.10. The van der Waals surface area contributed by atoms with E-state index < -0.39 is 0 Å². The maximum Gasteiger partial charge on any atom is 0.170 e. The third-order valence-electron chi connectivity index (χ3n) is 2.66. The Morgan fingerprint density at radius 1 is 1.25 bits per heavy atom. The molecule has 1 heterocycles. The van der Waals surface area contributed by atoms with Crippen molar-refractivity contribution in [3.8, 4) is 12.3 Å². The van der Waals surface area contributed by atoms with E-state index in [9.17, 15) is 0 Å². The molecular formula is C10H14O2. The Labute approximate surface area is 73.2 Å². The van der Waals surface area contributed by atoms with Crippen LogP contribution in [0.1, 0.15) is 32.1 Å². The Hall–Kier alpha value is -0.520. The summed E-state index contributed by atoms with van der Waals surface area (Å²) in [5, 5.41) is 0. The third kappa shape index (κ3) is 1.35. The van der Waals surface area contributed by atoms with Gasteiger partial charge in [-0.25, -0.2) is 0 Å². The molecule has 12 heavy (non-hydrogen) atoms. The van der Waals surface area contributed by atoms with E-state index in [1.54, 1.807) is 0 Å². The van der Waals surface area contributed by atoms with Crippen LogP contribution in [-0.2, 0) is 9.47 Å². The van der Waals surface area contributed by atoms with Crippen LogP contribution < -0.4 is 0 Å². The predicted molar refractivity (Wildman–Crippen MR) is 45.5 cm³/mol. The summed E-state index contributed by atoms with van der Waals surface area (Å²) in [7, 11) is 0. The van der Waals surface area contributed by atoms with E-state index in [0.29, 0.717) is 6.61 Å². The molecule has 0 unspecified atom stereocenters. The molecule has 66 valence electrons. The molecule has 1 spiro atoms. The normalized spacial score (nSPS) is 33.4. The fraction of sp³-hybridized carbons (Fsp3) is 0.800. The van der Waals surface area contributed by atoms with Crippen LogP contribution in [0.15, 0.2) is 0 Å². The maximum absolute atomic E-state index is 5.68. The summed E-state index contributed by atoms with van der Waals surface area (Å²) < 4.78 is 11.3. The van der Waals surface area contributed by atoms with Gasteiger partial charge >= 0.3 is 0 Å². The standard InChI is InChI=1S/C10H14O2/c1-2-9-8-11-10(12-9)6-4-3-5-7-10/h1,9H,3-8H2/t9-/m0/s1. The van der Waals surface area contributed by atoms with Crippen molar-refractivity contribution >= 4 is 0 Å². The minimum Gasteiger partial charge on any atom is -0.346 e. The Balaban J connectivity index is 1.99. The van der Waals surface area contributed by atoms with Gasteiger partial charge in [0.1, 0.15) is 6.10 Å². The van der Waals surface area contributed by atoms with Crippen LogP contribution in [0.3, 0.4) is 0 Å². The molecule has 0 amide bonds. The van der Waals surface area contributed by atoms with Gasteiger partial charge in [-0.1, -0.05) is 12.3 Å². The lowest BCUT2D eigenvalue weighted by Gasteiger charge is -2.31. The van der Waals surface area contributed by atoms with Crippen molar-refractivity contribution in [3.63, 3.8) is 0 Å². The number of hydrogen-bond donors (Lipinski definition) is 0. The van der Waals surface area contributed by atoms with Gasteiger partial charge in [-0.2, -0.15) is 0 Å². The summed E-state index contributed by atoms with van der Waals surface area (Å²) in [5.74, 6) is 2.29. The number of terminal acetylenes is 1. The van der Waals surface area contributed by atoms with Crippen molar-refractivity contribution in [1.82, 2.24) is 0 Å². The molecule has 0 aromatic rings. The minimum absolute atomic E-state index is 0.108. The lowest BCUT2D eigenvalue weighted by molar-refractivity contribution is -0.182. The maximum atomic E-state index is 5.68. The second-order valence-corrected chi connectivity index (χ2v) is 3.56. The summed E-state index contributed by atoms with van der Waals surface area (Å²) in [6.45, 7) is 0.580. The second kappa shape index (κ2) is 3.08. The summed E-state index contributed by atoms with van der Waals surface area (Å²) in [5.41, 5.74) is 0. The van der Waals surface area contributed by atoms with Gasteiger partial charge in [-0.15, -0.1) is 6.42 Å². The molecule has 2 fully saturated rings. The van der Waals surface area contributed by atoms with Crippen molar-refractivity contribution in [3.05, 3.63) is 0 Å². The van der Waals surface area contributed by atoms with Gasteiger partial charge in [0.05, 0.1) is 6.61 Å². The molecule has 0 aromatic carbocycles. The predicted octanol–water partition coefficient (Wildman–Crippen LogP) is 1.70. The van der Waals surface area contributed by atoms with Gasteiger partial charge in [0, 0.05) is 12.8 Å². The smallest absolute Gasteiger partial charge is 0.170 e. The molecule has 1 aliphatic heterocycles. The van der Waals surface area contributed by atoms with Crippen LogP contribution in [0.2, 0.25) is 0 Å². The summed E-state index contributed by atoms with van der Waals surface area (Å²) in [4.78, 5) is 0. The molecule has 0 aromatic heterocycles. The van der Waals surface area contributed by atoms with Crippen LogP contribution in [0.25, 0.3) is 0 Å². The van der Waals surface area contributed by atoms with Gasteiger partial charge in [0.15, 0.2) is 5.79 Å². The first-order valence-electron chi connectivity index (χ1n) is 4.63. The van der Waals surface area contributed by atoms with Crippen LogP contribution in [-0.4, -0.2) is 18.5 Å². The Kier molecular flexibility index (Phi) is 2.08. The SMILES string of the molecule is C#C[C@H]1COC2(CCCCC2)O1. The minimum atomic E-state index is -0.296. The molecule has 0 N–H and O–H groups in total. The molecule has 1 saturated heterocycles. The van der Waals surface area contributed by atoms with Gasteiger partial charge < -0.3 is 9.47 Å². The molecule has 0 radical (unpaired) electrons. The first-order chi connectivity index (χ1) is 5.85. The van der Waals surface area contributed by atoms with E-state index in [1.165, 1.54) is 19.3 Å². The Morgan fingerprint density at radius 2 is 2.00 bits per heavy atom. The van der Waals surface area contributed by atoms with Gasteiger partial charge in [0.25, 0.3) is 0 Å². The largest absolute Gasteiger partial charge is 0.346 e. The highest BCUT2D eigenvalue weighted by Crippen LogP contribution is 2.37. The highest BCUT2D eigenvalue weighted by molar-refractivity contribution is 4.99. The van der Waals surface area contributed by atoms with Gasteiger partial charge in [0.2, 0.25) is 0 Å². The van der Waals surface area contributed by atoms with Crippen LogP contribution in [0, 0.1) is 12.3 Å². The van der Waals surface area contributed by atoms with E-state index in [0.717, 1.165) is 12.8 Å². The highest BCUT2D eigenvalue weighted by Gasteiger charge is 2.41. The van der Waals surface area contributed by atoms with E-state index >= 15 is 0 Å². The highest BCUT2D eigenvalue weighted by atomic mass is 16.7.